The summed E-state index contributed by atoms with van der Waals surface area (Å²) < 4.78 is 77.8. The van der Waals surface area contributed by atoms with Crippen molar-refractivity contribution in [1.82, 2.24) is 4.90 Å². The fraction of sp³-hybridized carbons (Fsp3) is 0.444. The highest BCUT2D eigenvalue weighted by Gasteiger charge is 2.63. The summed E-state index contributed by atoms with van der Waals surface area (Å²) in [5, 5.41) is 10.3. The number of ketones is 1. The van der Waals surface area contributed by atoms with Crippen LogP contribution >= 0.6 is 6.72 Å². The highest BCUT2D eigenvalue weighted by molar-refractivity contribution is 8.07. The Bertz CT molecular complexity index is 1030. The monoisotopic (exact) mass is 497 g/mol. The Kier molecular flexibility index (Phi) is 6.16. The van der Waals surface area contributed by atoms with Crippen LogP contribution < -0.4 is 4.52 Å². The maximum absolute atomic E-state index is 14.8. The SMILES string of the molecule is O=C1CC(=O)N([C@@H]2O[C@@](COP3(=S)OCc4ccccc4O3)(C(F)F)[C@@H](O)[C@H]2F)C=C1F. The fourth-order valence-corrected chi connectivity index (χ4v) is 5.22. The average Bonchev–Trinajstić information content (AvgIpc) is 3.01. The summed E-state index contributed by atoms with van der Waals surface area (Å²) in [6, 6.07) is 6.65. The van der Waals surface area contributed by atoms with Crippen LogP contribution in [0.3, 0.4) is 0 Å². The number of carbonyl (C=O) groups excluding carboxylic acids is 2. The smallest absolute Gasteiger partial charge is 0.381 e. The number of allylic oxidation sites excluding steroid dienone is 1. The van der Waals surface area contributed by atoms with Gasteiger partial charge in [0.25, 0.3) is 6.43 Å². The number of halogens is 4. The molecule has 0 saturated carbocycles. The zero-order chi connectivity index (χ0) is 23.3. The number of alkyl halides is 3. The van der Waals surface area contributed by atoms with Crippen molar-refractivity contribution in [3.05, 3.63) is 41.9 Å². The van der Waals surface area contributed by atoms with Crippen molar-refractivity contribution in [3.63, 3.8) is 0 Å². The molecule has 1 N–H and O–H groups in total. The first-order valence-corrected chi connectivity index (χ1v) is 11.8. The van der Waals surface area contributed by atoms with Crippen LogP contribution in [-0.4, -0.2) is 58.8 Å². The Morgan fingerprint density at radius 3 is 2.78 bits per heavy atom. The first-order chi connectivity index (χ1) is 15.1. The van der Waals surface area contributed by atoms with Crippen molar-refractivity contribution in [2.75, 3.05) is 6.61 Å². The van der Waals surface area contributed by atoms with Crippen molar-refractivity contribution < 1.29 is 50.6 Å². The van der Waals surface area contributed by atoms with Crippen LogP contribution in [0.4, 0.5) is 17.6 Å². The van der Waals surface area contributed by atoms with Crippen LogP contribution in [0.1, 0.15) is 12.0 Å². The molecule has 3 aliphatic heterocycles. The van der Waals surface area contributed by atoms with E-state index in [1.165, 1.54) is 0 Å². The molecule has 0 bridgehead atoms. The molecule has 1 aromatic rings. The van der Waals surface area contributed by atoms with Gasteiger partial charge in [-0.25, -0.2) is 17.6 Å². The number of hydrogen-bond donors (Lipinski definition) is 1. The summed E-state index contributed by atoms with van der Waals surface area (Å²) in [6.45, 7) is -4.78. The minimum absolute atomic E-state index is 0.0206. The first-order valence-electron chi connectivity index (χ1n) is 9.23. The number of ether oxygens (including phenoxy) is 1. The molecule has 32 heavy (non-hydrogen) atoms. The van der Waals surface area contributed by atoms with Crippen LogP contribution in [-0.2, 0) is 41.8 Å². The van der Waals surface area contributed by atoms with E-state index in [0.717, 1.165) is 0 Å². The number of benzene rings is 1. The zero-order valence-corrected chi connectivity index (χ0v) is 17.7. The van der Waals surface area contributed by atoms with E-state index < -0.39 is 67.8 Å². The number of aliphatic hydroxyl groups excluding tert-OH is 1. The van der Waals surface area contributed by atoms with Gasteiger partial charge in [0, 0.05) is 23.6 Å². The summed E-state index contributed by atoms with van der Waals surface area (Å²) in [4.78, 5) is 23.7. The molecule has 8 nitrogen and oxygen atoms in total. The molecule has 1 aromatic carbocycles. The molecule has 5 atom stereocenters. The Morgan fingerprint density at radius 2 is 2.06 bits per heavy atom. The van der Waals surface area contributed by atoms with Crippen molar-refractivity contribution >= 4 is 30.2 Å². The van der Waals surface area contributed by atoms with Gasteiger partial charge < -0.3 is 14.4 Å². The van der Waals surface area contributed by atoms with Crippen molar-refractivity contribution in [2.24, 2.45) is 0 Å². The number of rotatable bonds is 5. The number of aliphatic hydroxyl groups is 1. The van der Waals surface area contributed by atoms with Crippen LogP contribution in [0.15, 0.2) is 36.3 Å². The molecule has 4 rings (SSSR count). The van der Waals surface area contributed by atoms with E-state index in [9.17, 15) is 32.3 Å². The molecule has 0 spiro atoms. The molecule has 3 heterocycles. The summed E-state index contributed by atoms with van der Waals surface area (Å²) in [7, 11) is 0. The third-order valence-electron chi connectivity index (χ3n) is 5.19. The number of para-hydroxylation sites is 1. The minimum Gasteiger partial charge on any atom is -0.424 e. The lowest BCUT2D eigenvalue weighted by Gasteiger charge is -2.35. The Hall–Kier alpha value is -1.89. The van der Waals surface area contributed by atoms with E-state index in [1.807, 2.05) is 0 Å². The third-order valence-corrected chi connectivity index (χ3v) is 7.35. The number of hydrogen-bond acceptors (Lipinski definition) is 8. The zero-order valence-electron chi connectivity index (χ0n) is 16.0. The van der Waals surface area contributed by atoms with E-state index in [-0.39, 0.29) is 6.61 Å². The maximum atomic E-state index is 14.8. The molecule has 1 fully saturated rings. The molecule has 174 valence electrons. The minimum atomic E-state index is -3.62. The lowest BCUT2D eigenvalue weighted by molar-refractivity contribution is -0.200. The Balaban J connectivity index is 1.55. The van der Waals surface area contributed by atoms with E-state index in [4.69, 9.17) is 30.1 Å². The summed E-state index contributed by atoms with van der Waals surface area (Å²) >= 11 is 5.18. The Morgan fingerprint density at radius 1 is 1.34 bits per heavy atom. The maximum Gasteiger partial charge on any atom is 0.381 e. The predicted octanol–water partition coefficient (Wildman–Crippen LogP) is 2.51. The number of amides is 1. The van der Waals surface area contributed by atoms with Crippen LogP contribution in [0.5, 0.6) is 5.75 Å². The molecule has 0 aromatic heterocycles. The molecular formula is C18H16F4NO7PS. The molecule has 1 unspecified atom stereocenters. The van der Waals surface area contributed by atoms with Gasteiger partial charge in [-0.1, -0.05) is 18.2 Å². The second-order valence-electron chi connectivity index (χ2n) is 7.22. The van der Waals surface area contributed by atoms with Gasteiger partial charge in [0.05, 0.1) is 19.6 Å². The number of Topliss-reactive ketones (excluding diaryl/α,β-unsaturated/α-hetero) is 1. The average molecular weight is 497 g/mol. The second-order valence-corrected chi connectivity index (χ2v) is 10.2. The number of carbonyl (C=O) groups is 2. The van der Waals surface area contributed by atoms with Gasteiger partial charge in [0.2, 0.25) is 11.7 Å². The van der Waals surface area contributed by atoms with Gasteiger partial charge in [0.15, 0.2) is 23.8 Å². The molecule has 0 aliphatic carbocycles. The lowest BCUT2D eigenvalue weighted by atomic mass is 9.97. The molecular weight excluding hydrogens is 481 g/mol. The van der Waals surface area contributed by atoms with Gasteiger partial charge in [0.1, 0.15) is 11.9 Å². The highest BCUT2D eigenvalue weighted by Crippen LogP contribution is 2.56. The predicted molar refractivity (Wildman–Crippen MR) is 102 cm³/mol. The highest BCUT2D eigenvalue weighted by atomic mass is 32.5. The molecule has 1 saturated heterocycles. The van der Waals surface area contributed by atoms with Crippen molar-refractivity contribution in [3.8, 4) is 5.75 Å². The fourth-order valence-electron chi connectivity index (χ4n) is 3.40. The van der Waals surface area contributed by atoms with Gasteiger partial charge >= 0.3 is 6.72 Å². The second kappa shape index (κ2) is 8.47. The number of fused-ring (bicyclic) bond motifs is 1. The van der Waals surface area contributed by atoms with Crippen LogP contribution in [0.2, 0.25) is 0 Å². The quantitative estimate of drug-likeness (QED) is 0.377. The normalized spacial score (nSPS) is 35.0. The lowest BCUT2D eigenvalue weighted by Crippen LogP contribution is -2.52. The summed E-state index contributed by atoms with van der Waals surface area (Å²) in [6.07, 6.45) is -11.3. The van der Waals surface area contributed by atoms with E-state index in [2.05, 4.69) is 0 Å². The molecule has 3 aliphatic rings. The van der Waals surface area contributed by atoms with Crippen molar-refractivity contribution in [1.29, 1.82) is 0 Å². The summed E-state index contributed by atoms with van der Waals surface area (Å²) in [5.41, 5.74) is -2.32. The van der Waals surface area contributed by atoms with Gasteiger partial charge in [-0.15, -0.1) is 0 Å². The molecule has 1 amide bonds. The standard InChI is InChI=1S/C18H16F4NO7PS/c19-10-6-23(13(25)5-11(10)24)16-14(20)15(26)18(29-16,17(21)22)8-28-31(32)27-7-9-3-1-2-4-12(9)30-31/h1-4,6,14-17,26H,5,7-8H2/t14-,15+,16-,18-,31?/m1/s1. The number of nitrogens with zero attached hydrogens (tertiary/aromatic N) is 1. The van der Waals surface area contributed by atoms with E-state index in [1.54, 1.807) is 24.3 Å². The van der Waals surface area contributed by atoms with Gasteiger partial charge in [-0.05, 0) is 6.07 Å². The van der Waals surface area contributed by atoms with E-state index >= 15 is 0 Å². The first kappa shape index (κ1) is 23.3. The van der Waals surface area contributed by atoms with Gasteiger partial charge in [-0.3, -0.25) is 23.5 Å². The van der Waals surface area contributed by atoms with Crippen molar-refractivity contribution in [2.45, 2.75) is 43.6 Å². The summed E-state index contributed by atoms with van der Waals surface area (Å²) in [5.74, 6) is -3.27. The third kappa shape index (κ3) is 3.97. The van der Waals surface area contributed by atoms with E-state index in [0.29, 0.717) is 22.4 Å². The van der Waals surface area contributed by atoms with Crippen LogP contribution in [0.25, 0.3) is 0 Å². The topological polar surface area (TPSA) is 94.5 Å². The van der Waals surface area contributed by atoms with Crippen LogP contribution in [0, 0.1) is 0 Å². The Labute approximate surface area is 183 Å². The largest absolute Gasteiger partial charge is 0.424 e. The molecule has 14 heteroatoms. The van der Waals surface area contributed by atoms with Gasteiger partial charge in [-0.2, -0.15) is 0 Å². The molecule has 0 radical (unpaired) electrons.